The van der Waals surface area contributed by atoms with E-state index in [0.717, 1.165) is 57.0 Å². The predicted molar refractivity (Wildman–Crippen MR) is 95.3 cm³/mol. The van der Waals surface area contributed by atoms with Gasteiger partial charge in [0.15, 0.2) is 0 Å². The summed E-state index contributed by atoms with van der Waals surface area (Å²) in [6, 6.07) is 0.991. The van der Waals surface area contributed by atoms with Crippen molar-refractivity contribution < 1.29 is 13.6 Å². The summed E-state index contributed by atoms with van der Waals surface area (Å²) in [5, 5.41) is 7.88. The molecule has 3 aliphatic rings. The summed E-state index contributed by atoms with van der Waals surface area (Å²) in [7, 11) is 0. The van der Waals surface area contributed by atoms with Gasteiger partial charge >= 0.3 is 6.03 Å². The highest BCUT2D eigenvalue weighted by Crippen LogP contribution is 2.53. The molecule has 2 saturated heterocycles. The van der Waals surface area contributed by atoms with Crippen LogP contribution >= 0.6 is 0 Å². The SMILES string of the molecule is O=C(N1CC[C@H](c2nnc[nH]2)C1)N1CC2(CC(Cc3ncc(F)cc3F)C2)C1. The summed E-state index contributed by atoms with van der Waals surface area (Å²) in [6.45, 7) is 2.96. The van der Waals surface area contributed by atoms with E-state index >= 15 is 0 Å². The quantitative estimate of drug-likeness (QED) is 0.876. The molecule has 0 unspecified atom stereocenters. The molecule has 1 spiro atoms. The lowest BCUT2D eigenvalue weighted by Gasteiger charge is -2.59. The average Bonchev–Trinajstić information content (AvgIpc) is 3.28. The predicted octanol–water partition coefficient (Wildman–Crippen LogP) is 2.34. The molecule has 2 aliphatic heterocycles. The van der Waals surface area contributed by atoms with Crippen molar-refractivity contribution in [3.8, 4) is 0 Å². The Kier molecular flexibility index (Phi) is 4.06. The highest BCUT2D eigenvalue weighted by molar-refractivity contribution is 5.76. The second-order valence-corrected chi connectivity index (χ2v) is 8.50. The molecule has 1 atom stereocenters. The van der Waals surface area contributed by atoms with Crippen LogP contribution in [0.1, 0.15) is 36.7 Å². The molecule has 0 radical (unpaired) electrons. The molecule has 3 fully saturated rings. The van der Waals surface area contributed by atoms with Gasteiger partial charge in [-0.1, -0.05) is 0 Å². The van der Waals surface area contributed by atoms with E-state index in [1.165, 1.54) is 0 Å². The first-order valence-corrected chi connectivity index (χ1v) is 9.71. The third-order valence-corrected chi connectivity index (χ3v) is 6.41. The van der Waals surface area contributed by atoms with E-state index in [1.807, 2.05) is 9.80 Å². The second kappa shape index (κ2) is 6.49. The minimum atomic E-state index is -0.646. The number of aromatic amines is 1. The maximum atomic E-state index is 13.8. The van der Waals surface area contributed by atoms with Gasteiger partial charge in [0.25, 0.3) is 0 Å². The molecule has 2 aromatic heterocycles. The topological polar surface area (TPSA) is 78.0 Å². The van der Waals surface area contributed by atoms with Gasteiger partial charge in [-0.2, -0.15) is 0 Å². The van der Waals surface area contributed by atoms with Crippen molar-refractivity contribution in [1.29, 1.82) is 0 Å². The molecule has 1 N–H and O–H groups in total. The third-order valence-electron chi connectivity index (χ3n) is 6.41. The monoisotopic (exact) mass is 388 g/mol. The van der Waals surface area contributed by atoms with Crippen LogP contribution in [0.3, 0.4) is 0 Å². The van der Waals surface area contributed by atoms with Crippen molar-refractivity contribution in [3.63, 3.8) is 0 Å². The van der Waals surface area contributed by atoms with E-state index in [2.05, 4.69) is 20.2 Å². The lowest BCUT2D eigenvalue weighted by Crippen LogP contribution is -2.65. The molecule has 0 aromatic carbocycles. The van der Waals surface area contributed by atoms with Crippen LogP contribution in [-0.4, -0.2) is 62.2 Å². The zero-order valence-electron chi connectivity index (χ0n) is 15.4. The molecule has 1 aliphatic carbocycles. The normalized spacial score (nSPS) is 23.7. The number of H-pyrrole nitrogens is 1. The van der Waals surface area contributed by atoms with Gasteiger partial charge in [0, 0.05) is 43.6 Å². The Labute approximate surface area is 161 Å². The van der Waals surface area contributed by atoms with Crippen molar-refractivity contribution in [3.05, 3.63) is 41.7 Å². The molecule has 7 nitrogen and oxygen atoms in total. The molecular formula is C19H22F2N6O. The van der Waals surface area contributed by atoms with Gasteiger partial charge < -0.3 is 14.8 Å². The summed E-state index contributed by atoms with van der Waals surface area (Å²) in [5.41, 5.74) is 0.519. The van der Waals surface area contributed by atoms with Crippen molar-refractivity contribution in [2.45, 2.75) is 31.6 Å². The number of hydrogen-bond acceptors (Lipinski definition) is 4. The fraction of sp³-hybridized carbons (Fsp3) is 0.579. The Balaban J connectivity index is 1.10. The lowest BCUT2D eigenvalue weighted by atomic mass is 9.57. The zero-order valence-corrected chi connectivity index (χ0v) is 15.4. The minimum absolute atomic E-state index is 0.0994. The lowest BCUT2D eigenvalue weighted by molar-refractivity contribution is -0.0757. The number of carbonyl (C=O) groups excluding carboxylic acids is 1. The molecule has 148 valence electrons. The average molecular weight is 388 g/mol. The number of nitrogens with one attached hydrogen (secondary N) is 1. The van der Waals surface area contributed by atoms with Gasteiger partial charge in [-0.15, -0.1) is 10.2 Å². The van der Waals surface area contributed by atoms with Crippen LogP contribution in [0, 0.1) is 23.0 Å². The van der Waals surface area contributed by atoms with Crippen molar-refractivity contribution in [2.24, 2.45) is 11.3 Å². The van der Waals surface area contributed by atoms with Crippen LogP contribution in [0.5, 0.6) is 0 Å². The molecule has 2 aromatic rings. The number of urea groups is 1. The molecule has 1 saturated carbocycles. The van der Waals surface area contributed by atoms with Crippen LogP contribution in [0.2, 0.25) is 0 Å². The zero-order chi connectivity index (χ0) is 19.3. The summed E-state index contributed by atoms with van der Waals surface area (Å²) in [4.78, 5) is 23.5. The summed E-state index contributed by atoms with van der Waals surface area (Å²) >= 11 is 0. The van der Waals surface area contributed by atoms with E-state index in [4.69, 9.17) is 0 Å². The number of aromatic nitrogens is 4. The Hall–Kier alpha value is -2.58. The highest BCUT2D eigenvalue weighted by atomic mass is 19.1. The Morgan fingerprint density at radius 3 is 2.82 bits per heavy atom. The van der Waals surface area contributed by atoms with Crippen molar-refractivity contribution in [1.82, 2.24) is 30.0 Å². The van der Waals surface area contributed by atoms with Gasteiger partial charge in [0.05, 0.1) is 11.9 Å². The Morgan fingerprint density at radius 2 is 2.11 bits per heavy atom. The third kappa shape index (κ3) is 3.02. The number of hydrogen-bond donors (Lipinski definition) is 1. The number of nitrogens with zero attached hydrogens (tertiary/aromatic N) is 5. The van der Waals surface area contributed by atoms with Crippen LogP contribution < -0.4 is 0 Å². The van der Waals surface area contributed by atoms with E-state index in [0.29, 0.717) is 24.6 Å². The summed E-state index contributed by atoms with van der Waals surface area (Å²) in [6.07, 6.45) is 6.01. The molecular weight excluding hydrogens is 366 g/mol. The number of pyridine rings is 1. The Morgan fingerprint density at radius 1 is 1.29 bits per heavy atom. The summed E-state index contributed by atoms with van der Waals surface area (Å²) < 4.78 is 26.7. The van der Waals surface area contributed by atoms with Crippen LogP contribution in [0.15, 0.2) is 18.6 Å². The van der Waals surface area contributed by atoms with Crippen LogP contribution in [-0.2, 0) is 6.42 Å². The Bertz CT molecular complexity index is 875. The number of amides is 2. The fourth-order valence-corrected chi connectivity index (χ4v) is 5.10. The molecule has 28 heavy (non-hydrogen) atoms. The number of rotatable bonds is 3. The second-order valence-electron chi connectivity index (χ2n) is 8.50. The highest BCUT2D eigenvalue weighted by Gasteiger charge is 2.54. The van der Waals surface area contributed by atoms with Crippen LogP contribution in [0.4, 0.5) is 13.6 Å². The molecule has 5 rings (SSSR count). The van der Waals surface area contributed by atoms with Gasteiger partial charge in [0.1, 0.15) is 23.8 Å². The van der Waals surface area contributed by atoms with Gasteiger partial charge in [0.2, 0.25) is 0 Å². The largest absolute Gasteiger partial charge is 0.331 e. The van der Waals surface area contributed by atoms with E-state index in [-0.39, 0.29) is 17.4 Å². The van der Waals surface area contributed by atoms with Gasteiger partial charge in [-0.05, 0) is 31.6 Å². The first-order chi connectivity index (χ1) is 13.5. The molecule has 4 heterocycles. The van der Waals surface area contributed by atoms with Gasteiger partial charge in [-0.25, -0.2) is 13.6 Å². The van der Waals surface area contributed by atoms with E-state index < -0.39 is 11.6 Å². The maximum Gasteiger partial charge on any atom is 0.320 e. The van der Waals surface area contributed by atoms with Crippen molar-refractivity contribution in [2.75, 3.05) is 26.2 Å². The van der Waals surface area contributed by atoms with E-state index in [9.17, 15) is 13.6 Å². The molecule has 0 bridgehead atoms. The standard InChI is InChI=1S/C19H22F2N6O/c20-14-4-15(21)16(22-7-14)3-12-5-19(6-12)9-27(10-19)18(28)26-2-1-13(8-26)17-23-11-24-25-17/h4,7,11-13H,1-3,5-6,8-10H2,(H,23,24,25)/t13-/m0/s1. The van der Waals surface area contributed by atoms with Gasteiger partial charge in [-0.3, -0.25) is 4.98 Å². The number of likely N-dealkylation sites (tertiary alicyclic amines) is 2. The van der Waals surface area contributed by atoms with E-state index in [1.54, 1.807) is 6.33 Å². The number of halogens is 2. The van der Waals surface area contributed by atoms with Crippen molar-refractivity contribution >= 4 is 6.03 Å². The first kappa shape index (κ1) is 17.5. The fourth-order valence-electron chi connectivity index (χ4n) is 5.10. The maximum absolute atomic E-state index is 13.8. The number of carbonyl (C=O) groups is 1. The first-order valence-electron chi connectivity index (χ1n) is 9.71. The summed E-state index contributed by atoms with van der Waals surface area (Å²) in [5.74, 6) is 0.215. The molecule has 2 amide bonds. The molecule has 9 heteroatoms. The van der Waals surface area contributed by atoms with Crippen LogP contribution in [0.25, 0.3) is 0 Å². The smallest absolute Gasteiger partial charge is 0.320 e. The minimum Gasteiger partial charge on any atom is -0.331 e.